The van der Waals surface area contributed by atoms with Crippen LogP contribution in [-0.4, -0.2) is 26.4 Å². The average molecular weight is 281 g/mol. The Kier molecular flexibility index (Phi) is 4.50. The Morgan fingerprint density at radius 3 is 2.37 bits per heavy atom. The number of carbonyl (C=O) groups is 1. The van der Waals surface area contributed by atoms with Crippen LogP contribution in [0.1, 0.15) is 34.6 Å². The largest absolute Gasteiger partial charge is 0.413 e. The van der Waals surface area contributed by atoms with Gasteiger partial charge in [0.25, 0.3) is 0 Å². The maximum Gasteiger partial charge on any atom is 0.228 e. The maximum atomic E-state index is 11.8. The summed E-state index contributed by atoms with van der Waals surface area (Å²) in [4.78, 5) is 11.8. The van der Waals surface area contributed by atoms with E-state index in [9.17, 15) is 4.79 Å². The van der Waals surface area contributed by atoms with Crippen LogP contribution >= 0.6 is 0 Å². The first-order valence-corrected chi connectivity index (χ1v) is 9.77. The van der Waals surface area contributed by atoms with Gasteiger partial charge in [0.1, 0.15) is 0 Å². The lowest BCUT2D eigenvalue weighted by Crippen LogP contribution is -2.64. The summed E-state index contributed by atoms with van der Waals surface area (Å²) in [5.74, 6) is -0.0332. The van der Waals surface area contributed by atoms with E-state index in [1.165, 1.54) is 0 Å². The van der Waals surface area contributed by atoms with Crippen LogP contribution in [0.4, 0.5) is 0 Å². The Morgan fingerprint density at radius 1 is 1.47 bits per heavy atom. The molecule has 1 rings (SSSR count). The third-order valence-corrected chi connectivity index (χ3v) is 9.07. The molecule has 1 aliphatic heterocycles. The van der Waals surface area contributed by atoms with Gasteiger partial charge in [0.15, 0.2) is 8.32 Å². The number of nitrogens with one attached hydrogen (secondary N) is 1. The molecule has 1 fully saturated rings. The van der Waals surface area contributed by atoms with Gasteiger partial charge in [-0.15, -0.1) is 5.73 Å². The minimum absolute atomic E-state index is 0.0322. The average Bonchev–Trinajstić information content (AvgIpc) is 2.22. The van der Waals surface area contributed by atoms with Crippen molar-refractivity contribution >= 4 is 14.2 Å². The van der Waals surface area contributed by atoms with Crippen LogP contribution in [0, 0.1) is 5.92 Å². The lowest BCUT2D eigenvalue weighted by Gasteiger charge is -2.45. The lowest BCUT2D eigenvalue weighted by molar-refractivity contribution is -0.138. The van der Waals surface area contributed by atoms with Gasteiger partial charge in [0.05, 0.1) is 18.1 Å². The van der Waals surface area contributed by atoms with Crippen molar-refractivity contribution in [1.29, 1.82) is 0 Å². The van der Waals surface area contributed by atoms with E-state index in [-0.39, 0.29) is 29.0 Å². The first-order chi connectivity index (χ1) is 8.51. The Bertz CT molecular complexity index is 416. The fraction of sp³-hybridized carbons (Fsp3) is 0.733. The number of carbonyl (C=O) groups excluding carboxylic acids is 1. The predicted octanol–water partition coefficient (Wildman–Crippen LogP) is 3.24. The van der Waals surface area contributed by atoms with Crippen LogP contribution in [0.25, 0.3) is 0 Å². The molecule has 0 radical (unpaired) electrons. The van der Waals surface area contributed by atoms with Crippen molar-refractivity contribution in [2.24, 2.45) is 5.92 Å². The lowest BCUT2D eigenvalue weighted by atomic mass is 9.82. The summed E-state index contributed by atoms with van der Waals surface area (Å²) < 4.78 is 6.32. The maximum absolute atomic E-state index is 11.8. The molecule has 0 aromatic carbocycles. The van der Waals surface area contributed by atoms with Crippen molar-refractivity contribution in [2.75, 3.05) is 0 Å². The van der Waals surface area contributed by atoms with Gasteiger partial charge in [0.2, 0.25) is 5.91 Å². The fourth-order valence-electron chi connectivity index (χ4n) is 2.08. The molecule has 1 aliphatic rings. The molecule has 0 aromatic heterocycles. The summed E-state index contributed by atoms with van der Waals surface area (Å²) in [6, 6.07) is 0.0322. The predicted molar refractivity (Wildman–Crippen MR) is 81.5 cm³/mol. The number of rotatable bonds is 4. The van der Waals surface area contributed by atoms with Crippen LogP contribution in [0.2, 0.25) is 18.1 Å². The first kappa shape index (κ1) is 16.2. The SMILES string of the molecule is C=C=C(C)[C@@H]1NC(=O)[C@@H]1[C@@H](C)O[Si](C)(C)C(C)(C)C. The van der Waals surface area contributed by atoms with E-state index in [1.54, 1.807) is 0 Å². The zero-order valence-corrected chi connectivity index (χ0v) is 14.3. The van der Waals surface area contributed by atoms with Gasteiger partial charge in [-0.25, -0.2) is 0 Å². The number of amides is 1. The van der Waals surface area contributed by atoms with Crippen molar-refractivity contribution in [1.82, 2.24) is 5.32 Å². The summed E-state index contributed by atoms with van der Waals surface area (Å²) >= 11 is 0. The van der Waals surface area contributed by atoms with Gasteiger partial charge in [-0.1, -0.05) is 27.4 Å². The molecule has 1 saturated heterocycles. The van der Waals surface area contributed by atoms with E-state index in [4.69, 9.17) is 4.43 Å². The van der Waals surface area contributed by atoms with Crippen LogP contribution in [0.15, 0.2) is 17.9 Å². The minimum Gasteiger partial charge on any atom is -0.413 e. The molecule has 1 N–H and O–H groups in total. The Labute approximate surface area is 118 Å². The van der Waals surface area contributed by atoms with E-state index in [2.05, 4.69) is 51.5 Å². The summed E-state index contributed by atoms with van der Waals surface area (Å²) in [5, 5.41) is 3.06. The Balaban J connectivity index is 2.81. The van der Waals surface area contributed by atoms with E-state index < -0.39 is 8.32 Å². The molecule has 0 unspecified atom stereocenters. The second-order valence-corrected chi connectivity index (χ2v) is 11.7. The molecule has 4 heteroatoms. The molecule has 0 aliphatic carbocycles. The minimum atomic E-state index is -1.84. The van der Waals surface area contributed by atoms with Crippen LogP contribution < -0.4 is 5.32 Å². The third kappa shape index (κ3) is 3.19. The van der Waals surface area contributed by atoms with Gasteiger partial charge in [-0.05, 0) is 37.6 Å². The summed E-state index contributed by atoms with van der Waals surface area (Å²) in [6.07, 6.45) is -0.0667. The van der Waals surface area contributed by atoms with E-state index in [0.717, 1.165) is 5.57 Å². The zero-order valence-electron chi connectivity index (χ0n) is 13.3. The highest BCUT2D eigenvalue weighted by molar-refractivity contribution is 6.74. The fourth-order valence-corrected chi connectivity index (χ4v) is 3.51. The van der Waals surface area contributed by atoms with E-state index in [0.29, 0.717) is 0 Å². The molecule has 3 atom stereocenters. The van der Waals surface area contributed by atoms with Gasteiger partial charge in [0, 0.05) is 0 Å². The first-order valence-electron chi connectivity index (χ1n) is 6.86. The molecule has 0 bridgehead atoms. The topological polar surface area (TPSA) is 38.3 Å². The molecule has 1 amide bonds. The van der Waals surface area contributed by atoms with E-state index in [1.807, 2.05) is 13.8 Å². The standard InChI is InChI=1S/C15H27NO2Si/c1-9-10(2)13-12(14(17)16-13)11(3)18-19(7,8)15(4,5)6/h11-13H,1H2,2-8H3,(H,16,17)/t11-,12-,13+/m1/s1. The molecule has 3 nitrogen and oxygen atoms in total. The molecule has 0 aromatic rings. The molecule has 108 valence electrons. The molecule has 19 heavy (non-hydrogen) atoms. The van der Waals surface area contributed by atoms with Crippen LogP contribution in [0.5, 0.6) is 0 Å². The number of β-lactam (4-membered cyclic amide) rings is 1. The van der Waals surface area contributed by atoms with E-state index >= 15 is 0 Å². The molecular weight excluding hydrogens is 254 g/mol. The number of hydrogen-bond acceptors (Lipinski definition) is 2. The highest BCUT2D eigenvalue weighted by atomic mass is 28.4. The molecular formula is C15H27NO2Si. The van der Waals surface area contributed by atoms with Crippen molar-refractivity contribution < 1.29 is 9.22 Å². The summed E-state index contributed by atoms with van der Waals surface area (Å²) in [5.41, 5.74) is 3.85. The smallest absolute Gasteiger partial charge is 0.228 e. The van der Waals surface area contributed by atoms with Gasteiger partial charge in [-0.3, -0.25) is 4.79 Å². The second-order valence-electron chi connectivity index (χ2n) is 6.96. The summed E-state index contributed by atoms with van der Waals surface area (Å²) in [7, 11) is -1.84. The van der Waals surface area contributed by atoms with Crippen molar-refractivity contribution in [3.8, 4) is 0 Å². The molecule has 0 saturated carbocycles. The Morgan fingerprint density at radius 2 is 2.00 bits per heavy atom. The van der Waals surface area contributed by atoms with Gasteiger partial charge in [-0.2, -0.15) is 0 Å². The summed E-state index contributed by atoms with van der Waals surface area (Å²) in [6.45, 7) is 18.7. The van der Waals surface area contributed by atoms with Crippen molar-refractivity contribution in [2.45, 2.75) is 64.9 Å². The van der Waals surface area contributed by atoms with Crippen molar-refractivity contribution in [3.05, 3.63) is 17.9 Å². The normalized spacial score (nSPS) is 25.1. The quantitative estimate of drug-likeness (QED) is 0.488. The zero-order chi connectivity index (χ0) is 15.0. The van der Waals surface area contributed by atoms with Gasteiger partial charge >= 0.3 is 0 Å². The molecule has 1 heterocycles. The third-order valence-electron chi connectivity index (χ3n) is 4.50. The van der Waals surface area contributed by atoms with Gasteiger partial charge < -0.3 is 9.74 Å². The number of hydrogen-bond donors (Lipinski definition) is 1. The monoisotopic (exact) mass is 281 g/mol. The van der Waals surface area contributed by atoms with Crippen LogP contribution in [-0.2, 0) is 9.22 Å². The highest BCUT2D eigenvalue weighted by Crippen LogP contribution is 2.39. The highest BCUT2D eigenvalue weighted by Gasteiger charge is 2.47. The Hall–Kier alpha value is -0.833. The van der Waals surface area contributed by atoms with Crippen molar-refractivity contribution in [3.63, 3.8) is 0 Å². The van der Waals surface area contributed by atoms with Crippen LogP contribution in [0.3, 0.4) is 0 Å². The molecule has 0 spiro atoms. The second kappa shape index (κ2) is 5.27.